The summed E-state index contributed by atoms with van der Waals surface area (Å²) in [7, 11) is 2.16. The van der Waals surface area contributed by atoms with E-state index >= 15 is 0 Å². The number of aromatic nitrogens is 1. The summed E-state index contributed by atoms with van der Waals surface area (Å²) in [5.41, 5.74) is 2.96. The van der Waals surface area contributed by atoms with Crippen molar-refractivity contribution in [1.82, 2.24) is 20.1 Å². The maximum atomic E-state index is 11.9. The van der Waals surface area contributed by atoms with Crippen molar-refractivity contribution in [3.63, 3.8) is 0 Å². The van der Waals surface area contributed by atoms with Crippen molar-refractivity contribution in [3.05, 3.63) is 40.9 Å². The number of nitrogens with one attached hydrogen (secondary N) is 1. The van der Waals surface area contributed by atoms with Crippen LogP contribution in [0.2, 0.25) is 0 Å². The summed E-state index contributed by atoms with van der Waals surface area (Å²) in [4.78, 5) is 32.1. The summed E-state index contributed by atoms with van der Waals surface area (Å²) in [5, 5.41) is 14.0. The van der Waals surface area contributed by atoms with Gasteiger partial charge in [0.05, 0.1) is 12.1 Å². The van der Waals surface area contributed by atoms with Crippen LogP contribution in [0.4, 0.5) is 0 Å². The molecule has 1 aliphatic rings. The van der Waals surface area contributed by atoms with Crippen LogP contribution >= 0.6 is 11.3 Å². The van der Waals surface area contributed by atoms with E-state index in [1.807, 2.05) is 5.38 Å². The lowest BCUT2D eigenvalue weighted by Crippen LogP contribution is -2.43. The lowest BCUT2D eigenvalue weighted by Gasteiger charge is -2.32. The van der Waals surface area contributed by atoms with Gasteiger partial charge in [-0.2, -0.15) is 0 Å². The van der Waals surface area contributed by atoms with Gasteiger partial charge < -0.3 is 15.3 Å². The topological polar surface area (TPSA) is 85.8 Å². The number of thiazole rings is 1. The van der Waals surface area contributed by atoms with E-state index in [4.69, 9.17) is 5.11 Å². The Morgan fingerprint density at radius 2 is 1.89 bits per heavy atom. The van der Waals surface area contributed by atoms with Gasteiger partial charge in [0.15, 0.2) is 0 Å². The maximum absolute atomic E-state index is 11.9. The first kappa shape index (κ1) is 20.4. The molecule has 2 N–H and O–H groups in total. The maximum Gasteiger partial charge on any atom is 0.325 e. The minimum absolute atomic E-state index is 0.0790. The lowest BCUT2D eigenvalue weighted by molar-refractivity contribution is -0.141. The third-order valence-corrected chi connectivity index (χ3v) is 5.78. The molecular weight excluding hydrogens is 376 g/mol. The van der Waals surface area contributed by atoms with Gasteiger partial charge in [-0.1, -0.05) is 24.3 Å². The molecule has 8 heteroatoms. The van der Waals surface area contributed by atoms with Gasteiger partial charge in [0, 0.05) is 43.7 Å². The Morgan fingerprint density at radius 1 is 1.21 bits per heavy atom. The number of aliphatic carboxylic acids is 1. The third kappa shape index (κ3) is 5.60. The summed E-state index contributed by atoms with van der Waals surface area (Å²) in [5.74, 6) is -1.39. The predicted molar refractivity (Wildman–Crippen MR) is 109 cm³/mol. The molecular formula is C20H26N4O3S. The van der Waals surface area contributed by atoms with Gasteiger partial charge in [0.1, 0.15) is 11.0 Å². The highest BCUT2D eigenvalue weighted by Gasteiger charge is 2.16. The Hall–Kier alpha value is -2.29. The molecule has 0 aliphatic carbocycles. The zero-order valence-corrected chi connectivity index (χ0v) is 17.0. The molecule has 2 heterocycles. The molecule has 0 spiro atoms. The second kappa shape index (κ2) is 9.27. The van der Waals surface area contributed by atoms with E-state index in [-0.39, 0.29) is 12.3 Å². The lowest BCUT2D eigenvalue weighted by atomic mass is 10.1. The van der Waals surface area contributed by atoms with Crippen LogP contribution in [0.5, 0.6) is 0 Å². The molecule has 1 unspecified atom stereocenters. The van der Waals surface area contributed by atoms with Gasteiger partial charge in [-0.3, -0.25) is 14.5 Å². The molecule has 0 radical (unpaired) electrons. The Balaban J connectivity index is 1.56. The SMILES string of the molecule is CC(NC(=O)Cc1csc(-c2ccc(CN3CCN(C)CC3)cc2)n1)C(=O)O. The number of nitrogens with zero attached hydrogens (tertiary/aromatic N) is 3. The number of hydrogen-bond acceptors (Lipinski definition) is 6. The number of carbonyl (C=O) groups is 2. The average molecular weight is 403 g/mol. The largest absolute Gasteiger partial charge is 0.480 e. The second-order valence-corrected chi connectivity index (χ2v) is 8.08. The van der Waals surface area contributed by atoms with Crippen molar-refractivity contribution in [2.45, 2.75) is 25.9 Å². The standard InChI is InChI=1S/C20H26N4O3S/c1-14(20(26)27)21-18(25)11-17-13-28-19(22-17)16-5-3-15(4-6-16)12-24-9-7-23(2)8-10-24/h3-6,13-14H,7-12H2,1-2H3,(H,21,25)(H,26,27). The van der Waals surface area contributed by atoms with E-state index in [0.717, 1.165) is 43.3 Å². The van der Waals surface area contributed by atoms with Gasteiger partial charge in [0.2, 0.25) is 5.91 Å². The Bertz CT molecular complexity index is 813. The van der Waals surface area contributed by atoms with Gasteiger partial charge in [-0.15, -0.1) is 11.3 Å². The van der Waals surface area contributed by atoms with Crippen LogP contribution in [0.25, 0.3) is 10.6 Å². The van der Waals surface area contributed by atoms with Gasteiger partial charge >= 0.3 is 5.97 Å². The molecule has 1 atom stereocenters. The fraction of sp³-hybridized carbons (Fsp3) is 0.450. The fourth-order valence-electron chi connectivity index (χ4n) is 3.06. The number of carboxylic acids is 1. The van der Waals surface area contributed by atoms with Crippen LogP contribution in [0.15, 0.2) is 29.6 Å². The number of likely N-dealkylation sites (N-methyl/N-ethyl adjacent to an activating group) is 1. The molecule has 0 bridgehead atoms. The number of benzene rings is 1. The molecule has 1 amide bonds. The van der Waals surface area contributed by atoms with E-state index in [2.05, 4.69) is 51.4 Å². The quantitative estimate of drug-likeness (QED) is 0.733. The normalized spacial score (nSPS) is 16.6. The molecule has 1 fully saturated rings. The smallest absolute Gasteiger partial charge is 0.325 e. The van der Waals surface area contributed by atoms with Crippen molar-refractivity contribution < 1.29 is 14.7 Å². The summed E-state index contributed by atoms with van der Waals surface area (Å²) < 4.78 is 0. The van der Waals surface area contributed by atoms with Gasteiger partial charge in [-0.25, -0.2) is 4.98 Å². The van der Waals surface area contributed by atoms with Crippen molar-refractivity contribution in [2.75, 3.05) is 33.2 Å². The van der Waals surface area contributed by atoms with E-state index < -0.39 is 12.0 Å². The summed E-state index contributed by atoms with van der Waals surface area (Å²) in [6.45, 7) is 6.81. The Labute approximate surface area is 169 Å². The first-order chi connectivity index (χ1) is 13.4. The average Bonchev–Trinajstić information content (AvgIpc) is 3.12. The van der Waals surface area contributed by atoms with Gasteiger partial charge in [-0.05, 0) is 19.5 Å². The van der Waals surface area contributed by atoms with E-state index in [1.165, 1.54) is 23.8 Å². The van der Waals surface area contributed by atoms with E-state index in [9.17, 15) is 9.59 Å². The number of carboxylic acid groups (broad SMARTS) is 1. The number of hydrogen-bond donors (Lipinski definition) is 2. The number of rotatable bonds is 7. The molecule has 3 rings (SSSR count). The minimum Gasteiger partial charge on any atom is -0.480 e. The van der Waals surface area contributed by atoms with Crippen molar-refractivity contribution in [1.29, 1.82) is 0 Å². The molecule has 1 aromatic carbocycles. The Morgan fingerprint density at radius 3 is 2.54 bits per heavy atom. The highest BCUT2D eigenvalue weighted by molar-refractivity contribution is 7.13. The predicted octanol–water partition coefficient (Wildman–Crippen LogP) is 1.69. The van der Waals surface area contributed by atoms with Crippen molar-refractivity contribution in [3.8, 4) is 10.6 Å². The zero-order valence-electron chi connectivity index (χ0n) is 16.2. The molecule has 0 saturated carbocycles. The first-order valence-electron chi connectivity index (χ1n) is 9.37. The van der Waals surface area contributed by atoms with Crippen LogP contribution in [0.1, 0.15) is 18.2 Å². The molecule has 7 nitrogen and oxygen atoms in total. The third-order valence-electron chi connectivity index (χ3n) is 4.84. The monoisotopic (exact) mass is 402 g/mol. The fourth-order valence-corrected chi connectivity index (χ4v) is 3.88. The molecule has 28 heavy (non-hydrogen) atoms. The molecule has 1 aliphatic heterocycles. The van der Waals surface area contributed by atoms with Crippen molar-refractivity contribution in [2.24, 2.45) is 0 Å². The summed E-state index contributed by atoms with van der Waals surface area (Å²) in [6, 6.07) is 7.51. The van der Waals surface area contributed by atoms with E-state index in [0.29, 0.717) is 5.69 Å². The zero-order chi connectivity index (χ0) is 20.1. The van der Waals surface area contributed by atoms with E-state index in [1.54, 1.807) is 0 Å². The summed E-state index contributed by atoms with van der Waals surface area (Å²) >= 11 is 1.49. The Kier molecular flexibility index (Phi) is 6.77. The highest BCUT2D eigenvalue weighted by Crippen LogP contribution is 2.24. The van der Waals surface area contributed by atoms with Crippen LogP contribution in [-0.2, 0) is 22.6 Å². The van der Waals surface area contributed by atoms with Gasteiger partial charge in [0.25, 0.3) is 0 Å². The van der Waals surface area contributed by atoms with Crippen molar-refractivity contribution >= 4 is 23.2 Å². The second-order valence-electron chi connectivity index (χ2n) is 7.22. The molecule has 1 aromatic heterocycles. The molecule has 1 saturated heterocycles. The minimum atomic E-state index is -1.05. The number of carbonyl (C=O) groups excluding carboxylic acids is 1. The first-order valence-corrected chi connectivity index (χ1v) is 10.3. The van der Waals surface area contributed by atoms with Crippen LogP contribution in [0, 0.1) is 0 Å². The van der Waals surface area contributed by atoms with Crippen LogP contribution in [0.3, 0.4) is 0 Å². The van der Waals surface area contributed by atoms with Crippen LogP contribution < -0.4 is 5.32 Å². The van der Waals surface area contributed by atoms with Crippen LogP contribution in [-0.4, -0.2) is 71.0 Å². The molecule has 2 aromatic rings. The molecule has 150 valence electrons. The number of amides is 1. The summed E-state index contributed by atoms with van der Waals surface area (Å²) in [6.07, 6.45) is 0.0790. The number of piperazine rings is 1. The highest BCUT2D eigenvalue weighted by atomic mass is 32.1.